The fourth-order valence-electron chi connectivity index (χ4n) is 2.91. The van der Waals surface area contributed by atoms with Crippen LogP contribution in [0.15, 0.2) is 16.8 Å². The lowest BCUT2D eigenvalue weighted by Crippen LogP contribution is -2.45. The zero-order chi connectivity index (χ0) is 15.1. The van der Waals surface area contributed by atoms with Gasteiger partial charge in [0.15, 0.2) is 0 Å². The van der Waals surface area contributed by atoms with Crippen LogP contribution in [-0.4, -0.2) is 43.2 Å². The third-order valence-corrected chi connectivity index (χ3v) is 4.69. The Morgan fingerprint density at radius 3 is 3.14 bits per heavy atom. The van der Waals surface area contributed by atoms with Gasteiger partial charge in [-0.25, -0.2) is 4.79 Å². The predicted molar refractivity (Wildman–Crippen MR) is 88.9 cm³/mol. The standard InChI is InChI=1S/C16H27N3OS/c1-13-4-3-7-19(11-13)8-6-17-16(20)18-14(2)10-15-5-9-21-12-15/h5,9,12-14H,3-4,6-8,10-11H2,1-2H3,(H2,17,18,20). The summed E-state index contributed by atoms with van der Waals surface area (Å²) >= 11 is 1.70. The highest BCUT2D eigenvalue weighted by molar-refractivity contribution is 7.07. The second kappa shape index (κ2) is 8.39. The fourth-order valence-corrected chi connectivity index (χ4v) is 3.59. The van der Waals surface area contributed by atoms with Gasteiger partial charge in [-0.15, -0.1) is 0 Å². The maximum absolute atomic E-state index is 11.8. The number of carbonyl (C=O) groups excluding carboxylic acids is 1. The van der Waals surface area contributed by atoms with Crippen molar-refractivity contribution in [1.29, 1.82) is 0 Å². The van der Waals surface area contributed by atoms with E-state index >= 15 is 0 Å². The third-order valence-electron chi connectivity index (χ3n) is 3.95. The number of nitrogens with zero attached hydrogens (tertiary/aromatic N) is 1. The van der Waals surface area contributed by atoms with E-state index < -0.39 is 0 Å². The normalized spacial score (nSPS) is 21.0. The molecule has 0 bridgehead atoms. The first-order valence-corrected chi connectivity index (χ1v) is 8.85. The van der Waals surface area contributed by atoms with E-state index in [1.54, 1.807) is 11.3 Å². The first-order chi connectivity index (χ1) is 10.1. The number of carbonyl (C=O) groups is 1. The number of nitrogens with one attached hydrogen (secondary N) is 2. The minimum Gasteiger partial charge on any atom is -0.337 e. The van der Waals surface area contributed by atoms with Crippen LogP contribution in [0.2, 0.25) is 0 Å². The molecule has 1 aromatic heterocycles. The largest absolute Gasteiger partial charge is 0.337 e. The van der Waals surface area contributed by atoms with Gasteiger partial charge in [0.1, 0.15) is 0 Å². The second-order valence-corrected chi connectivity index (χ2v) is 6.97. The molecule has 1 saturated heterocycles. The molecule has 0 saturated carbocycles. The molecule has 1 aliphatic heterocycles. The molecular formula is C16H27N3OS. The van der Waals surface area contributed by atoms with Gasteiger partial charge >= 0.3 is 6.03 Å². The second-order valence-electron chi connectivity index (χ2n) is 6.19. The Bertz CT molecular complexity index is 421. The summed E-state index contributed by atoms with van der Waals surface area (Å²) < 4.78 is 0. The van der Waals surface area contributed by atoms with E-state index in [2.05, 4.69) is 39.3 Å². The minimum absolute atomic E-state index is 0.0530. The van der Waals surface area contributed by atoms with Gasteiger partial charge in [-0.2, -0.15) is 11.3 Å². The van der Waals surface area contributed by atoms with Crippen LogP contribution < -0.4 is 10.6 Å². The monoisotopic (exact) mass is 309 g/mol. The fraction of sp³-hybridized carbons (Fsp3) is 0.688. The van der Waals surface area contributed by atoms with Crippen molar-refractivity contribution in [3.8, 4) is 0 Å². The highest BCUT2D eigenvalue weighted by Crippen LogP contribution is 2.14. The molecular weight excluding hydrogens is 282 g/mol. The number of urea groups is 1. The number of thiophene rings is 1. The predicted octanol–water partition coefficient (Wildman–Crippen LogP) is 2.71. The minimum atomic E-state index is -0.0530. The Balaban J connectivity index is 1.58. The topological polar surface area (TPSA) is 44.4 Å². The van der Waals surface area contributed by atoms with Gasteiger partial charge < -0.3 is 15.5 Å². The van der Waals surface area contributed by atoms with Crippen LogP contribution in [-0.2, 0) is 6.42 Å². The zero-order valence-electron chi connectivity index (χ0n) is 13.1. The SMILES string of the molecule is CC1CCCN(CCNC(=O)NC(C)Cc2ccsc2)C1. The Kier molecular flexibility index (Phi) is 6.51. The Hall–Kier alpha value is -1.07. The van der Waals surface area contributed by atoms with Crippen LogP contribution in [0.25, 0.3) is 0 Å². The van der Waals surface area contributed by atoms with Gasteiger partial charge in [0.2, 0.25) is 0 Å². The van der Waals surface area contributed by atoms with E-state index in [0.717, 1.165) is 32.0 Å². The van der Waals surface area contributed by atoms with Crippen molar-refractivity contribution in [2.75, 3.05) is 26.2 Å². The molecule has 1 aromatic rings. The number of likely N-dealkylation sites (tertiary alicyclic amines) is 1. The lowest BCUT2D eigenvalue weighted by atomic mass is 10.0. The highest BCUT2D eigenvalue weighted by atomic mass is 32.1. The number of hydrogen-bond acceptors (Lipinski definition) is 3. The summed E-state index contributed by atoms with van der Waals surface area (Å²) in [4.78, 5) is 14.3. The molecule has 2 atom stereocenters. The first kappa shape index (κ1) is 16.3. The highest BCUT2D eigenvalue weighted by Gasteiger charge is 2.16. The van der Waals surface area contributed by atoms with Crippen molar-refractivity contribution in [1.82, 2.24) is 15.5 Å². The van der Waals surface area contributed by atoms with Gasteiger partial charge in [-0.05, 0) is 61.0 Å². The molecule has 2 amide bonds. The molecule has 2 rings (SSSR count). The van der Waals surface area contributed by atoms with Crippen molar-refractivity contribution in [3.63, 3.8) is 0 Å². The smallest absolute Gasteiger partial charge is 0.315 e. The van der Waals surface area contributed by atoms with Gasteiger partial charge in [-0.1, -0.05) is 6.92 Å². The van der Waals surface area contributed by atoms with E-state index in [9.17, 15) is 4.79 Å². The quantitative estimate of drug-likeness (QED) is 0.848. The van der Waals surface area contributed by atoms with Gasteiger partial charge in [0, 0.05) is 25.7 Å². The van der Waals surface area contributed by atoms with E-state index in [1.165, 1.54) is 24.9 Å². The van der Waals surface area contributed by atoms with Crippen LogP contribution in [0.4, 0.5) is 4.79 Å². The van der Waals surface area contributed by atoms with Gasteiger partial charge in [0.05, 0.1) is 0 Å². The summed E-state index contributed by atoms with van der Waals surface area (Å²) in [6, 6.07) is 2.22. The maximum Gasteiger partial charge on any atom is 0.315 e. The molecule has 1 aliphatic rings. The molecule has 0 aliphatic carbocycles. The van der Waals surface area contributed by atoms with E-state index in [0.29, 0.717) is 0 Å². The number of rotatable bonds is 6. The van der Waals surface area contributed by atoms with Gasteiger partial charge in [-0.3, -0.25) is 0 Å². The molecule has 0 radical (unpaired) electrons. The molecule has 21 heavy (non-hydrogen) atoms. The lowest BCUT2D eigenvalue weighted by molar-refractivity contribution is 0.183. The Morgan fingerprint density at radius 1 is 1.57 bits per heavy atom. The van der Waals surface area contributed by atoms with Crippen LogP contribution >= 0.6 is 11.3 Å². The zero-order valence-corrected chi connectivity index (χ0v) is 13.9. The van der Waals surface area contributed by atoms with Crippen molar-refractivity contribution >= 4 is 17.4 Å². The Labute approximate surface area is 131 Å². The molecule has 5 heteroatoms. The number of piperidine rings is 1. The third kappa shape index (κ3) is 6.06. The summed E-state index contributed by atoms with van der Waals surface area (Å²) in [6.45, 7) is 8.36. The van der Waals surface area contributed by atoms with Crippen molar-refractivity contribution in [2.24, 2.45) is 5.92 Å². The molecule has 2 heterocycles. The first-order valence-electron chi connectivity index (χ1n) is 7.91. The summed E-state index contributed by atoms with van der Waals surface area (Å²) in [5.74, 6) is 0.790. The van der Waals surface area contributed by atoms with Crippen LogP contribution in [0, 0.1) is 5.92 Å². The molecule has 2 N–H and O–H groups in total. The molecule has 4 nitrogen and oxygen atoms in total. The van der Waals surface area contributed by atoms with E-state index in [-0.39, 0.29) is 12.1 Å². The van der Waals surface area contributed by atoms with Crippen molar-refractivity contribution in [2.45, 2.75) is 39.2 Å². The molecule has 0 spiro atoms. The van der Waals surface area contributed by atoms with Crippen LogP contribution in [0.1, 0.15) is 32.3 Å². The molecule has 2 unspecified atom stereocenters. The number of hydrogen-bond donors (Lipinski definition) is 2. The van der Waals surface area contributed by atoms with Crippen molar-refractivity contribution in [3.05, 3.63) is 22.4 Å². The average molecular weight is 309 g/mol. The summed E-state index contributed by atoms with van der Waals surface area (Å²) in [6.07, 6.45) is 3.51. The summed E-state index contributed by atoms with van der Waals surface area (Å²) in [5, 5.41) is 10.2. The molecule has 118 valence electrons. The molecule has 0 aromatic carbocycles. The molecule has 1 fully saturated rings. The van der Waals surface area contributed by atoms with E-state index in [1.807, 2.05) is 6.92 Å². The van der Waals surface area contributed by atoms with E-state index in [4.69, 9.17) is 0 Å². The van der Waals surface area contributed by atoms with Crippen LogP contribution in [0.5, 0.6) is 0 Å². The average Bonchev–Trinajstić information content (AvgIpc) is 2.91. The summed E-state index contributed by atoms with van der Waals surface area (Å²) in [5.41, 5.74) is 1.29. The maximum atomic E-state index is 11.8. The van der Waals surface area contributed by atoms with Crippen molar-refractivity contribution < 1.29 is 4.79 Å². The Morgan fingerprint density at radius 2 is 2.43 bits per heavy atom. The van der Waals surface area contributed by atoms with Gasteiger partial charge in [0.25, 0.3) is 0 Å². The number of amides is 2. The summed E-state index contributed by atoms with van der Waals surface area (Å²) in [7, 11) is 0. The van der Waals surface area contributed by atoms with Crippen LogP contribution in [0.3, 0.4) is 0 Å². The lowest BCUT2D eigenvalue weighted by Gasteiger charge is -2.30.